The van der Waals surface area contributed by atoms with E-state index in [9.17, 15) is 0 Å². The van der Waals surface area contributed by atoms with Crippen molar-refractivity contribution in [3.8, 4) is 0 Å². The molecule has 0 heteroatoms. The van der Waals surface area contributed by atoms with Gasteiger partial charge in [0, 0.05) is 0 Å². The molecule has 0 saturated heterocycles. The van der Waals surface area contributed by atoms with Gasteiger partial charge < -0.3 is 6.42 Å². The summed E-state index contributed by atoms with van der Waals surface area (Å²) in [7, 11) is 0. The quantitative estimate of drug-likeness (QED) is 0.496. The van der Waals surface area contributed by atoms with E-state index in [-0.39, 0.29) is 0 Å². The number of hydrogen-bond donors (Lipinski definition) is 0. The Morgan fingerprint density at radius 3 is 2.22 bits per heavy atom. The minimum atomic E-state index is 0.889. The Balaban J connectivity index is 3.18. The Morgan fingerprint density at radius 2 is 1.89 bits per heavy atom. The van der Waals surface area contributed by atoms with Crippen LogP contribution in [0.2, 0.25) is 0 Å². The average Bonchev–Trinajstić information content (AvgIpc) is 1.88. The molecule has 0 amide bonds. The van der Waals surface area contributed by atoms with Gasteiger partial charge in [0.1, 0.15) is 0 Å². The standard InChI is InChI=1S/C9H19/c1-4-7-9(6-3)8-5-2/h7,9H,4-6,8H2,1-3H3/q-1. The van der Waals surface area contributed by atoms with Gasteiger partial charge in [0.05, 0.1) is 0 Å². The largest absolute Gasteiger partial charge is 0.326 e. The average molecular weight is 127 g/mol. The van der Waals surface area contributed by atoms with E-state index < -0.39 is 0 Å². The maximum atomic E-state index is 2.43. The first-order chi connectivity index (χ1) is 4.35. The highest BCUT2D eigenvalue weighted by atomic mass is 14.1. The lowest BCUT2D eigenvalue weighted by atomic mass is 9.96. The van der Waals surface area contributed by atoms with Crippen LogP contribution in [0.25, 0.3) is 0 Å². The summed E-state index contributed by atoms with van der Waals surface area (Å²) in [5.74, 6) is 0.889. The molecule has 0 aliphatic heterocycles. The van der Waals surface area contributed by atoms with Crippen molar-refractivity contribution in [1.29, 1.82) is 0 Å². The van der Waals surface area contributed by atoms with Crippen LogP contribution in [0.1, 0.15) is 46.5 Å². The van der Waals surface area contributed by atoms with Crippen LogP contribution in [-0.2, 0) is 0 Å². The van der Waals surface area contributed by atoms with Gasteiger partial charge in [0.2, 0.25) is 0 Å². The normalized spacial score (nSPS) is 13.7. The smallest absolute Gasteiger partial charge is 0.0584 e. The van der Waals surface area contributed by atoms with E-state index in [0.29, 0.717) is 0 Å². The summed E-state index contributed by atoms with van der Waals surface area (Å²) in [6, 6.07) is 0. The van der Waals surface area contributed by atoms with Crippen LogP contribution in [-0.4, -0.2) is 0 Å². The molecular formula is C9H19-. The second-order valence-corrected chi connectivity index (χ2v) is 2.60. The molecule has 0 heterocycles. The highest BCUT2D eigenvalue weighted by Gasteiger charge is 1.91. The van der Waals surface area contributed by atoms with Crippen LogP contribution in [0, 0.1) is 12.3 Å². The second-order valence-electron chi connectivity index (χ2n) is 2.60. The van der Waals surface area contributed by atoms with Crippen LogP contribution in [0.3, 0.4) is 0 Å². The number of hydrogen-bond acceptors (Lipinski definition) is 0. The molecule has 0 aromatic heterocycles. The molecule has 0 bridgehead atoms. The lowest BCUT2D eigenvalue weighted by Gasteiger charge is -2.21. The van der Waals surface area contributed by atoms with Gasteiger partial charge in [-0.15, -0.1) is 0 Å². The third kappa shape index (κ3) is 4.50. The Morgan fingerprint density at radius 1 is 1.22 bits per heavy atom. The van der Waals surface area contributed by atoms with Gasteiger partial charge in [-0.25, -0.2) is 0 Å². The molecule has 0 N–H and O–H groups in total. The van der Waals surface area contributed by atoms with E-state index in [4.69, 9.17) is 0 Å². The van der Waals surface area contributed by atoms with Crippen LogP contribution in [0.4, 0.5) is 0 Å². The molecule has 0 aromatic carbocycles. The molecule has 56 valence electrons. The van der Waals surface area contributed by atoms with E-state index in [2.05, 4.69) is 27.2 Å². The molecule has 0 aliphatic rings. The molecule has 9 heavy (non-hydrogen) atoms. The van der Waals surface area contributed by atoms with Crippen molar-refractivity contribution < 1.29 is 0 Å². The van der Waals surface area contributed by atoms with Crippen molar-refractivity contribution in [2.24, 2.45) is 5.92 Å². The van der Waals surface area contributed by atoms with E-state index in [0.717, 1.165) is 5.92 Å². The van der Waals surface area contributed by atoms with E-state index in [1.54, 1.807) is 0 Å². The first kappa shape index (κ1) is 9.00. The second kappa shape index (κ2) is 6.12. The van der Waals surface area contributed by atoms with Crippen LogP contribution < -0.4 is 0 Å². The maximum absolute atomic E-state index is 2.43. The summed E-state index contributed by atoms with van der Waals surface area (Å²) in [5.41, 5.74) is 0. The number of rotatable bonds is 5. The van der Waals surface area contributed by atoms with Crippen molar-refractivity contribution in [2.45, 2.75) is 46.5 Å². The molecule has 0 aromatic rings. The molecule has 0 fully saturated rings. The minimum Gasteiger partial charge on any atom is -0.326 e. The Kier molecular flexibility index (Phi) is 6.12. The van der Waals surface area contributed by atoms with Crippen molar-refractivity contribution in [2.75, 3.05) is 0 Å². The van der Waals surface area contributed by atoms with Crippen molar-refractivity contribution in [3.05, 3.63) is 6.42 Å². The highest BCUT2D eigenvalue weighted by Crippen LogP contribution is 2.15. The van der Waals surface area contributed by atoms with Crippen LogP contribution in [0.5, 0.6) is 0 Å². The fourth-order valence-corrected chi connectivity index (χ4v) is 1.19. The molecular weight excluding hydrogens is 108 g/mol. The van der Waals surface area contributed by atoms with Gasteiger partial charge in [0.15, 0.2) is 0 Å². The van der Waals surface area contributed by atoms with E-state index >= 15 is 0 Å². The van der Waals surface area contributed by atoms with Crippen molar-refractivity contribution in [1.82, 2.24) is 0 Å². The van der Waals surface area contributed by atoms with Crippen molar-refractivity contribution >= 4 is 0 Å². The maximum Gasteiger partial charge on any atom is -0.0584 e. The van der Waals surface area contributed by atoms with E-state index in [1.807, 2.05) is 0 Å². The van der Waals surface area contributed by atoms with Gasteiger partial charge >= 0.3 is 0 Å². The summed E-state index contributed by atoms with van der Waals surface area (Å²) < 4.78 is 0. The first-order valence-corrected chi connectivity index (χ1v) is 4.18. The lowest BCUT2D eigenvalue weighted by molar-refractivity contribution is 0.515. The Hall–Kier alpha value is 0. The minimum absolute atomic E-state index is 0.889. The molecule has 0 spiro atoms. The first-order valence-electron chi connectivity index (χ1n) is 4.18. The zero-order chi connectivity index (χ0) is 7.11. The molecule has 0 rings (SSSR count). The van der Waals surface area contributed by atoms with E-state index in [1.165, 1.54) is 25.7 Å². The molecule has 0 nitrogen and oxygen atoms in total. The monoisotopic (exact) mass is 127 g/mol. The Labute approximate surface area is 59.7 Å². The third-order valence-electron chi connectivity index (χ3n) is 1.75. The fraction of sp³-hybridized carbons (Fsp3) is 0.889. The molecule has 0 radical (unpaired) electrons. The molecule has 1 unspecified atom stereocenters. The topological polar surface area (TPSA) is 0 Å². The summed E-state index contributed by atoms with van der Waals surface area (Å²) in [6.45, 7) is 6.75. The Bertz CT molecular complexity index is 42.0. The predicted molar refractivity (Wildman–Crippen MR) is 43.3 cm³/mol. The summed E-state index contributed by atoms with van der Waals surface area (Å²) >= 11 is 0. The zero-order valence-corrected chi connectivity index (χ0v) is 6.98. The summed E-state index contributed by atoms with van der Waals surface area (Å²) in [6.07, 6.45) is 7.70. The fourth-order valence-electron chi connectivity index (χ4n) is 1.19. The predicted octanol–water partition coefficient (Wildman–Crippen LogP) is 3.43. The van der Waals surface area contributed by atoms with Gasteiger partial charge in [-0.05, 0) is 0 Å². The highest BCUT2D eigenvalue weighted by molar-refractivity contribution is 4.72. The zero-order valence-electron chi connectivity index (χ0n) is 6.98. The van der Waals surface area contributed by atoms with Gasteiger partial charge in [-0.3, -0.25) is 0 Å². The molecule has 1 atom stereocenters. The third-order valence-corrected chi connectivity index (χ3v) is 1.75. The summed E-state index contributed by atoms with van der Waals surface area (Å²) in [5, 5.41) is 0. The molecule has 0 aliphatic carbocycles. The SMILES string of the molecule is CC[CH-]C(CC)CCC. The molecule has 0 saturated carbocycles. The van der Waals surface area contributed by atoms with Crippen LogP contribution in [0.15, 0.2) is 0 Å². The van der Waals surface area contributed by atoms with Crippen molar-refractivity contribution in [3.63, 3.8) is 0 Å². The van der Waals surface area contributed by atoms with Crippen LogP contribution >= 0.6 is 0 Å². The van der Waals surface area contributed by atoms with Gasteiger partial charge in [-0.1, -0.05) is 40.0 Å². The summed E-state index contributed by atoms with van der Waals surface area (Å²) in [4.78, 5) is 0. The van der Waals surface area contributed by atoms with Gasteiger partial charge in [0.25, 0.3) is 0 Å². The lowest BCUT2D eigenvalue weighted by Crippen LogP contribution is -1.97. The van der Waals surface area contributed by atoms with Gasteiger partial charge in [-0.2, -0.15) is 12.3 Å².